The summed E-state index contributed by atoms with van der Waals surface area (Å²) in [4.78, 5) is 56.1. The smallest absolute Gasteiger partial charge is 0.308 e. The second kappa shape index (κ2) is 11.4. The molecule has 1 fully saturated rings. The third-order valence-corrected chi connectivity index (χ3v) is 11.5. The van der Waals surface area contributed by atoms with Gasteiger partial charge in [-0.15, -0.1) is 0 Å². The van der Waals surface area contributed by atoms with Crippen molar-refractivity contribution in [1.29, 1.82) is 0 Å². The van der Waals surface area contributed by atoms with Gasteiger partial charge in [-0.3, -0.25) is 23.7 Å². The fraction of sp³-hybridized carbons (Fsp3) is 0.125. The fourth-order valence-corrected chi connectivity index (χ4v) is 9.18. The summed E-state index contributed by atoms with van der Waals surface area (Å²) < 4.78 is 1.37. The van der Waals surface area contributed by atoms with E-state index in [1.807, 2.05) is 36.4 Å². The van der Waals surface area contributed by atoms with E-state index in [0.29, 0.717) is 31.9 Å². The van der Waals surface area contributed by atoms with Crippen molar-refractivity contribution in [3.63, 3.8) is 0 Å². The molecular weight excluding hydrogens is 661 g/mol. The predicted octanol–water partition coefficient (Wildman–Crippen LogP) is 7.46. The molecule has 7 rings (SSSR count). The van der Waals surface area contributed by atoms with Crippen LogP contribution in [-0.2, 0) is 20.9 Å². The molecular formula is C32H20Cl3N3O4S2. The Bertz CT molecular complexity index is 2060. The van der Waals surface area contributed by atoms with E-state index in [-0.39, 0.29) is 21.5 Å². The Balaban J connectivity index is 1.30. The molecule has 2 aliphatic rings. The van der Waals surface area contributed by atoms with Gasteiger partial charge in [0, 0.05) is 26.9 Å². The van der Waals surface area contributed by atoms with E-state index in [0.717, 1.165) is 38.8 Å². The Morgan fingerprint density at radius 2 is 1.57 bits per heavy atom. The number of nitrogens with one attached hydrogen (secondary N) is 1. The van der Waals surface area contributed by atoms with Crippen LogP contribution in [0.3, 0.4) is 0 Å². The maximum atomic E-state index is 14.0. The number of imide groups is 1. The SMILES string of the molecule is O=C(Cn1c2c(sc1=O)[C@@H](c1cccc(Cl)c1Cl)[C@@H]1C(=O)N(c3ccc(Cl)cc3)C(=O)[C@@H]1S2)Nc1cccc2ccccc12. The lowest BCUT2D eigenvalue weighted by atomic mass is 9.83. The highest BCUT2D eigenvalue weighted by molar-refractivity contribution is 8.00. The Labute approximate surface area is 274 Å². The van der Waals surface area contributed by atoms with Gasteiger partial charge in [0.05, 0.1) is 26.7 Å². The fourth-order valence-electron chi connectivity index (χ4n) is 5.86. The van der Waals surface area contributed by atoms with Gasteiger partial charge in [0.15, 0.2) is 0 Å². The Morgan fingerprint density at radius 3 is 2.36 bits per heavy atom. The maximum absolute atomic E-state index is 14.0. The second-order valence-electron chi connectivity index (χ2n) is 10.4. The highest BCUT2D eigenvalue weighted by Crippen LogP contribution is 2.55. The van der Waals surface area contributed by atoms with Crippen molar-refractivity contribution >= 4 is 97.8 Å². The van der Waals surface area contributed by atoms with Crippen LogP contribution in [0.15, 0.2) is 94.7 Å². The number of hydrogen-bond donors (Lipinski definition) is 1. The van der Waals surface area contributed by atoms with Gasteiger partial charge in [-0.2, -0.15) is 0 Å². The Kier molecular flexibility index (Phi) is 7.54. The van der Waals surface area contributed by atoms with Gasteiger partial charge in [0.2, 0.25) is 17.7 Å². The molecule has 1 N–H and O–H groups in total. The molecule has 1 saturated heterocycles. The minimum absolute atomic E-state index is 0.238. The summed E-state index contributed by atoms with van der Waals surface area (Å²) in [5.41, 5.74) is 1.55. The molecule has 2 aliphatic heterocycles. The van der Waals surface area contributed by atoms with Crippen molar-refractivity contribution < 1.29 is 14.4 Å². The number of halogens is 3. The van der Waals surface area contributed by atoms with Crippen LogP contribution in [0.1, 0.15) is 16.4 Å². The minimum Gasteiger partial charge on any atom is -0.324 e. The Morgan fingerprint density at radius 1 is 0.841 bits per heavy atom. The number of nitrogens with zero attached hydrogens (tertiary/aromatic N) is 2. The third kappa shape index (κ3) is 4.83. The zero-order valence-corrected chi connectivity index (χ0v) is 26.4. The Hall–Kier alpha value is -3.60. The van der Waals surface area contributed by atoms with Crippen molar-refractivity contribution in [3.8, 4) is 0 Å². The van der Waals surface area contributed by atoms with Gasteiger partial charge >= 0.3 is 4.87 Å². The number of rotatable bonds is 5. The number of aromatic nitrogens is 1. The molecule has 3 atom stereocenters. The summed E-state index contributed by atoms with van der Waals surface area (Å²) >= 11 is 21.2. The lowest BCUT2D eigenvalue weighted by molar-refractivity contribution is -0.122. The van der Waals surface area contributed by atoms with E-state index in [1.165, 1.54) is 4.57 Å². The normalized spacial score (nSPS) is 19.2. The van der Waals surface area contributed by atoms with Crippen molar-refractivity contribution in [2.75, 3.05) is 10.2 Å². The van der Waals surface area contributed by atoms with Gasteiger partial charge in [0.1, 0.15) is 11.8 Å². The van der Waals surface area contributed by atoms with Crippen molar-refractivity contribution in [2.45, 2.75) is 22.7 Å². The quantitative estimate of drug-likeness (QED) is 0.195. The summed E-state index contributed by atoms with van der Waals surface area (Å²) in [6.07, 6.45) is 0. The molecule has 44 heavy (non-hydrogen) atoms. The van der Waals surface area contributed by atoms with Gasteiger partial charge < -0.3 is 5.32 Å². The molecule has 220 valence electrons. The predicted molar refractivity (Wildman–Crippen MR) is 177 cm³/mol. The standard InChI is InChI=1S/C32H20Cl3N3O4S2/c33-17-11-13-18(14-12-17)38-29(40)25-24(20-8-4-9-21(34)26(20)35)28-31(43-27(25)30(38)41)37(32(42)44-28)15-23(39)36-22-10-3-6-16-5-1-2-7-19(16)22/h1-14,24-25,27H,15H2,(H,36,39)/t24-,25-,27+/m0/s1. The van der Waals surface area contributed by atoms with Crippen LogP contribution in [0, 0.1) is 5.92 Å². The molecule has 0 saturated carbocycles. The number of thiazole rings is 1. The van der Waals surface area contributed by atoms with Crippen molar-refractivity contribution in [3.05, 3.63) is 120 Å². The van der Waals surface area contributed by atoms with Crippen molar-refractivity contribution in [2.24, 2.45) is 5.92 Å². The van der Waals surface area contributed by atoms with E-state index in [1.54, 1.807) is 48.5 Å². The van der Waals surface area contributed by atoms with Crippen LogP contribution < -0.4 is 15.1 Å². The molecule has 4 aromatic carbocycles. The molecule has 12 heteroatoms. The first-order valence-corrected chi connectivity index (χ1v) is 16.3. The van der Waals surface area contributed by atoms with E-state index < -0.39 is 34.8 Å². The number of anilines is 2. The molecule has 0 spiro atoms. The summed E-state index contributed by atoms with van der Waals surface area (Å²) in [5.74, 6) is -2.84. The number of thioether (sulfide) groups is 1. The largest absolute Gasteiger partial charge is 0.324 e. The molecule has 1 aromatic heterocycles. The van der Waals surface area contributed by atoms with Gasteiger partial charge in [-0.25, -0.2) is 4.90 Å². The van der Waals surface area contributed by atoms with E-state index in [2.05, 4.69) is 5.32 Å². The van der Waals surface area contributed by atoms with Crippen LogP contribution >= 0.6 is 57.9 Å². The van der Waals surface area contributed by atoms with E-state index in [9.17, 15) is 19.2 Å². The van der Waals surface area contributed by atoms with Crippen molar-refractivity contribution in [1.82, 2.24) is 4.57 Å². The third-order valence-electron chi connectivity index (χ3n) is 7.82. The number of fused-ring (bicyclic) bond motifs is 3. The molecule has 5 aromatic rings. The number of carbonyl (C=O) groups is 3. The first-order valence-electron chi connectivity index (χ1n) is 13.5. The highest BCUT2D eigenvalue weighted by atomic mass is 35.5. The van der Waals surface area contributed by atoms with Gasteiger partial charge in [-0.1, -0.05) is 106 Å². The van der Waals surface area contributed by atoms with E-state index >= 15 is 0 Å². The maximum Gasteiger partial charge on any atom is 0.308 e. The lowest BCUT2D eigenvalue weighted by Crippen LogP contribution is -2.33. The average molecular weight is 681 g/mol. The summed E-state index contributed by atoms with van der Waals surface area (Å²) in [6, 6.07) is 24.8. The molecule has 0 bridgehead atoms. The zero-order valence-electron chi connectivity index (χ0n) is 22.5. The van der Waals surface area contributed by atoms with Crippen LogP contribution in [0.4, 0.5) is 11.4 Å². The molecule has 3 heterocycles. The number of carbonyl (C=O) groups excluding carboxylic acids is 3. The monoisotopic (exact) mass is 679 g/mol. The number of benzene rings is 4. The molecule has 3 amide bonds. The van der Waals surface area contributed by atoms with Crippen LogP contribution in [-0.4, -0.2) is 27.5 Å². The summed E-state index contributed by atoms with van der Waals surface area (Å²) in [7, 11) is 0. The molecule has 7 nitrogen and oxygen atoms in total. The lowest BCUT2D eigenvalue weighted by Gasteiger charge is -2.31. The van der Waals surface area contributed by atoms with Gasteiger partial charge in [-0.05, 0) is 47.3 Å². The molecule has 0 unspecified atom stereocenters. The van der Waals surface area contributed by atoms with E-state index in [4.69, 9.17) is 34.8 Å². The van der Waals surface area contributed by atoms with Crippen LogP contribution in [0.2, 0.25) is 15.1 Å². The summed E-state index contributed by atoms with van der Waals surface area (Å²) in [6.45, 7) is -0.280. The number of hydrogen-bond acceptors (Lipinski definition) is 6. The minimum atomic E-state index is -0.868. The molecule has 0 radical (unpaired) electrons. The zero-order chi connectivity index (χ0) is 30.7. The van der Waals surface area contributed by atoms with Gasteiger partial charge in [0.25, 0.3) is 0 Å². The summed E-state index contributed by atoms with van der Waals surface area (Å²) in [5, 5.41) is 5.34. The average Bonchev–Trinajstić information content (AvgIpc) is 3.45. The highest BCUT2D eigenvalue weighted by Gasteiger charge is 2.57. The van der Waals surface area contributed by atoms with Crippen LogP contribution in [0.5, 0.6) is 0 Å². The first kappa shape index (κ1) is 29.1. The second-order valence-corrected chi connectivity index (χ2v) is 13.7. The first-order chi connectivity index (χ1) is 21.2. The molecule has 0 aliphatic carbocycles. The topological polar surface area (TPSA) is 88.5 Å². The number of amides is 3. The van der Waals surface area contributed by atoms with Crippen LogP contribution in [0.25, 0.3) is 10.8 Å².